The first-order valence-corrected chi connectivity index (χ1v) is 14.5. The number of ether oxygens (including phenoxy) is 2. The van der Waals surface area contributed by atoms with Gasteiger partial charge in [-0.1, -0.05) is 37.3 Å². The zero-order valence-electron chi connectivity index (χ0n) is 22.4. The minimum atomic E-state index is -4.34. The normalized spacial score (nSPS) is 13.3. The van der Waals surface area contributed by atoms with Gasteiger partial charge in [-0.05, 0) is 55.3 Å². The van der Waals surface area contributed by atoms with Crippen molar-refractivity contribution in [3.05, 3.63) is 84.2 Å². The third kappa shape index (κ3) is 6.53. The summed E-state index contributed by atoms with van der Waals surface area (Å²) < 4.78 is 53.7. The first-order chi connectivity index (χ1) is 19.2. The molecule has 1 N–H and O–H groups in total. The number of fused-ring (bicyclic) bond motifs is 1. The van der Waals surface area contributed by atoms with Gasteiger partial charge in [-0.2, -0.15) is 0 Å². The average molecular weight is 570 g/mol. The number of likely N-dealkylation sites (N-methyl/N-ethyl adjacent to an activating group) is 1. The lowest BCUT2D eigenvalue weighted by Crippen LogP contribution is -2.52. The van der Waals surface area contributed by atoms with Crippen molar-refractivity contribution in [3.63, 3.8) is 0 Å². The Hall–Kier alpha value is -4.12. The largest absolute Gasteiger partial charge is 0.486 e. The Bertz CT molecular complexity index is 1430. The van der Waals surface area contributed by atoms with Gasteiger partial charge in [0.1, 0.15) is 31.6 Å². The monoisotopic (exact) mass is 569 g/mol. The van der Waals surface area contributed by atoms with Crippen LogP contribution >= 0.6 is 0 Å². The van der Waals surface area contributed by atoms with Crippen LogP contribution in [0.4, 0.5) is 10.1 Å². The van der Waals surface area contributed by atoms with Crippen molar-refractivity contribution in [1.82, 2.24) is 10.2 Å². The number of hydrogen-bond acceptors (Lipinski definition) is 6. The Kier molecular flexibility index (Phi) is 9.26. The molecule has 0 aromatic heterocycles. The van der Waals surface area contributed by atoms with Crippen LogP contribution in [-0.2, 0) is 26.2 Å². The summed E-state index contributed by atoms with van der Waals surface area (Å²) in [6.45, 7) is 4.03. The minimum absolute atomic E-state index is 0.0929. The smallest absolute Gasteiger partial charge is 0.264 e. The summed E-state index contributed by atoms with van der Waals surface area (Å²) in [6.07, 6.45) is 0.315. The van der Waals surface area contributed by atoms with Crippen molar-refractivity contribution >= 4 is 27.5 Å². The van der Waals surface area contributed by atoms with Gasteiger partial charge in [0.25, 0.3) is 10.0 Å². The quantitative estimate of drug-likeness (QED) is 0.377. The lowest BCUT2D eigenvalue weighted by Gasteiger charge is -2.33. The molecule has 11 heteroatoms. The zero-order valence-corrected chi connectivity index (χ0v) is 23.2. The van der Waals surface area contributed by atoms with Gasteiger partial charge in [0, 0.05) is 19.2 Å². The number of hydrogen-bond donors (Lipinski definition) is 1. The van der Waals surface area contributed by atoms with Crippen LogP contribution in [0.3, 0.4) is 0 Å². The van der Waals surface area contributed by atoms with E-state index < -0.39 is 34.3 Å². The molecule has 0 radical (unpaired) electrons. The highest BCUT2D eigenvalue weighted by molar-refractivity contribution is 7.92. The van der Waals surface area contributed by atoms with E-state index in [4.69, 9.17) is 9.47 Å². The molecule has 0 aliphatic carbocycles. The van der Waals surface area contributed by atoms with E-state index in [0.29, 0.717) is 25.3 Å². The van der Waals surface area contributed by atoms with Crippen molar-refractivity contribution in [2.75, 3.05) is 30.6 Å². The van der Waals surface area contributed by atoms with Gasteiger partial charge in [-0.15, -0.1) is 0 Å². The zero-order chi connectivity index (χ0) is 28.7. The number of carbonyl (C=O) groups excluding carboxylic acids is 2. The fourth-order valence-electron chi connectivity index (χ4n) is 4.44. The van der Waals surface area contributed by atoms with Gasteiger partial charge in [0.2, 0.25) is 11.8 Å². The van der Waals surface area contributed by atoms with Crippen LogP contribution < -0.4 is 19.1 Å². The first kappa shape index (κ1) is 28.9. The van der Waals surface area contributed by atoms with Gasteiger partial charge in [0.05, 0.1) is 10.6 Å². The van der Waals surface area contributed by atoms with Crippen molar-refractivity contribution in [2.45, 2.75) is 37.8 Å². The molecule has 1 aliphatic heterocycles. The molecule has 0 fully saturated rings. The Balaban J connectivity index is 1.73. The summed E-state index contributed by atoms with van der Waals surface area (Å²) in [5, 5.41) is 2.76. The lowest BCUT2D eigenvalue weighted by atomic mass is 10.1. The van der Waals surface area contributed by atoms with Crippen LogP contribution in [0.2, 0.25) is 0 Å². The Morgan fingerprint density at radius 2 is 1.62 bits per heavy atom. The lowest BCUT2D eigenvalue weighted by molar-refractivity contribution is -0.140. The predicted molar refractivity (Wildman–Crippen MR) is 148 cm³/mol. The van der Waals surface area contributed by atoms with Crippen LogP contribution in [0, 0.1) is 5.82 Å². The van der Waals surface area contributed by atoms with E-state index in [9.17, 15) is 22.4 Å². The molecule has 0 saturated heterocycles. The predicted octanol–water partition coefficient (Wildman–Crippen LogP) is 3.74. The van der Waals surface area contributed by atoms with E-state index in [0.717, 1.165) is 22.0 Å². The van der Waals surface area contributed by atoms with Crippen LogP contribution in [0.25, 0.3) is 0 Å². The SMILES string of the molecule is CCNC(=O)[C@@H](CC)N(Cc1ccccc1)C(=O)CN(c1ccc(F)cc1)S(=O)(=O)c1ccc2c(c1)OCCO2. The fraction of sp³-hybridized carbons (Fsp3) is 0.310. The second-order valence-electron chi connectivity index (χ2n) is 9.12. The number of nitrogens with one attached hydrogen (secondary N) is 1. The molecule has 2 amide bonds. The molecule has 0 spiro atoms. The molecule has 0 bridgehead atoms. The summed E-state index contributed by atoms with van der Waals surface area (Å²) in [5.41, 5.74) is 0.872. The maximum Gasteiger partial charge on any atom is 0.264 e. The highest BCUT2D eigenvalue weighted by Crippen LogP contribution is 2.34. The maximum atomic E-state index is 14.0. The number of sulfonamides is 1. The molecule has 3 aromatic carbocycles. The van der Waals surface area contributed by atoms with Crippen LogP contribution in [0.1, 0.15) is 25.8 Å². The van der Waals surface area contributed by atoms with Gasteiger partial charge < -0.3 is 19.7 Å². The van der Waals surface area contributed by atoms with E-state index in [1.54, 1.807) is 13.8 Å². The summed E-state index contributed by atoms with van der Waals surface area (Å²) in [5.74, 6) is -0.800. The molecule has 40 heavy (non-hydrogen) atoms. The first-order valence-electron chi connectivity index (χ1n) is 13.0. The fourth-order valence-corrected chi connectivity index (χ4v) is 5.87. The van der Waals surface area contributed by atoms with Crippen LogP contribution in [0.15, 0.2) is 77.7 Å². The van der Waals surface area contributed by atoms with Crippen molar-refractivity contribution < 1.29 is 31.9 Å². The number of anilines is 1. The molecule has 1 heterocycles. The second kappa shape index (κ2) is 12.8. The standard InChI is InChI=1S/C29H32FN3O6S/c1-3-25(29(35)31-4-2)32(19-21-8-6-5-7-9-21)28(34)20-33(23-12-10-22(30)11-13-23)40(36,37)24-14-15-26-27(18-24)39-17-16-38-26/h5-15,18,25H,3-4,16-17,19-20H2,1-2H3,(H,31,35)/t25-/m1/s1. The summed E-state index contributed by atoms with van der Waals surface area (Å²) in [6, 6.07) is 17.3. The maximum absolute atomic E-state index is 14.0. The highest BCUT2D eigenvalue weighted by Gasteiger charge is 2.34. The number of rotatable bonds is 11. The Morgan fingerprint density at radius 3 is 2.27 bits per heavy atom. The Labute approximate surface area is 233 Å². The number of benzene rings is 3. The molecular formula is C29H32FN3O6S. The van der Waals surface area contributed by atoms with Gasteiger partial charge in [-0.25, -0.2) is 12.8 Å². The third-order valence-electron chi connectivity index (χ3n) is 6.43. The number of halogens is 1. The number of carbonyl (C=O) groups is 2. The van der Waals surface area contributed by atoms with Gasteiger partial charge >= 0.3 is 0 Å². The third-order valence-corrected chi connectivity index (χ3v) is 8.20. The summed E-state index contributed by atoms with van der Waals surface area (Å²) in [4.78, 5) is 28.2. The van der Waals surface area contributed by atoms with Crippen molar-refractivity contribution in [1.29, 1.82) is 0 Å². The molecule has 212 valence electrons. The van der Waals surface area contributed by atoms with Gasteiger partial charge in [0.15, 0.2) is 11.5 Å². The van der Waals surface area contributed by atoms with Crippen molar-refractivity contribution in [2.24, 2.45) is 0 Å². The van der Waals surface area contributed by atoms with E-state index in [1.165, 1.54) is 35.2 Å². The van der Waals surface area contributed by atoms with Crippen LogP contribution in [0.5, 0.6) is 11.5 Å². The summed E-state index contributed by atoms with van der Waals surface area (Å²) >= 11 is 0. The van der Waals surface area contributed by atoms with Crippen LogP contribution in [-0.4, -0.2) is 57.5 Å². The molecule has 1 aliphatic rings. The van der Waals surface area contributed by atoms with E-state index in [-0.39, 0.29) is 35.4 Å². The molecule has 4 rings (SSSR count). The topological polar surface area (TPSA) is 105 Å². The van der Waals surface area contributed by atoms with E-state index >= 15 is 0 Å². The Morgan fingerprint density at radius 1 is 0.950 bits per heavy atom. The molecule has 9 nitrogen and oxygen atoms in total. The highest BCUT2D eigenvalue weighted by atomic mass is 32.2. The van der Waals surface area contributed by atoms with E-state index in [1.807, 2.05) is 30.3 Å². The summed E-state index contributed by atoms with van der Waals surface area (Å²) in [7, 11) is -4.34. The second-order valence-corrected chi connectivity index (χ2v) is 11.0. The van der Waals surface area contributed by atoms with Gasteiger partial charge in [-0.3, -0.25) is 13.9 Å². The average Bonchev–Trinajstić information content (AvgIpc) is 2.96. The molecule has 0 saturated carbocycles. The number of nitrogens with zero attached hydrogens (tertiary/aromatic N) is 2. The molecule has 3 aromatic rings. The number of amides is 2. The molecule has 0 unspecified atom stereocenters. The minimum Gasteiger partial charge on any atom is -0.486 e. The van der Waals surface area contributed by atoms with E-state index in [2.05, 4.69) is 5.32 Å². The molecular weight excluding hydrogens is 537 g/mol. The molecule has 1 atom stereocenters. The van der Waals surface area contributed by atoms with Crippen molar-refractivity contribution in [3.8, 4) is 11.5 Å².